The number of likely N-dealkylation sites (tertiary alicyclic amines) is 1. The van der Waals surface area contributed by atoms with E-state index in [0.29, 0.717) is 12.5 Å². The first-order chi connectivity index (χ1) is 12.6. The van der Waals surface area contributed by atoms with Gasteiger partial charge in [0.25, 0.3) is 0 Å². The lowest BCUT2D eigenvalue weighted by molar-refractivity contribution is -0.118. The van der Waals surface area contributed by atoms with Crippen LogP contribution >= 0.6 is 0 Å². The molecule has 0 bridgehead atoms. The molecule has 0 saturated carbocycles. The first-order valence-corrected chi connectivity index (χ1v) is 9.35. The SMILES string of the molecule is CCCNC(=O)NC(=O)CNc1ccccc1CN1CCC(CO)CC1. The van der Waals surface area contributed by atoms with Crippen LogP contribution in [0, 0.1) is 5.92 Å². The number of aliphatic hydroxyl groups is 1. The van der Waals surface area contributed by atoms with Gasteiger partial charge in [0, 0.05) is 25.4 Å². The minimum absolute atomic E-state index is 0.0448. The van der Waals surface area contributed by atoms with E-state index in [1.54, 1.807) is 0 Å². The van der Waals surface area contributed by atoms with E-state index in [2.05, 4.69) is 20.9 Å². The van der Waals surface area contributed by atoms with Crippen LogP contribution in [0.15, 0.2) is 24.3 Å². The van der Waals surface area contributed by atoms with E-state index in [9.17, 15) is 14.7 Å². The molecule has 0 aliphatic carbocycles. The maximum atomic E-state index is 11.9. The molecule has 4 N–H and O–H groups in total. The predicted molar refractivity (Wildman–Crippen MR) is 102 cm³/mol. The van der Waals surface area contributed by atoms with Crippen molar-refractivity contribution in [3.05, 3.63) is 29.8 Å². The maximum Gasteiger partial charge on any atom is 0.321 e. The quantitative estimate of drug-likeness (QED) is 0.563. The molecular weight excluding hydrogens is 332 g/mol. The zero-order valence-corrected chi connectivity index (χ0v) is 15.5. The number of rotatable bonds is 8. The molecule has 1 aromatic carbocycles. The van der Waals surface area contributed by atoms with Crippen molar-refractivity contribution in [1.82, 2.24) is 15.5 Å². The number of hydrogen-bond acceptors (Lipinski definition) is 5. The topological polar surface area (TPSA) is 93.7 Å². The molecule has 0 aromatic heterocycles. The molecule has 26 heavy (non-hydrogen) atoms. The lowest BCUT2D eigenvalue weighted by Crippen LogP contribution is -2.42. The molecule has 1 aliphatic heterocycles. The third kappa shape index (κ3) is 6.65. The van der Waals surface area contributed by atoms with Crippen LogP contribution in [0.1, 0.15) is 31.7 Å². The number of benzene rings is 1. The second-order valence-corrected chi connectivity index (χ2v) is 6.72. The Labute approximate surface area is 155 Å². The summed E-state index contributed by atoms with van der Waals surface area (Å²) >= 11 is 0. The predicted octanol–water partition coefficient (Wildman–Crippen LogP) is 1.54. The molecular formula is C19H30N4O3. The molecule has 3 amide bonds. The number of nitrogens with zero attached hydrogens (tertiary/aromatic N) is 1. The third-order valence-electron chi connectivity index (χ3n) is 4.60. The number of urea groups is 1. The number of piperidine rings is 1. The molecule has 0 radical (unpaired) electrons. The summed E-state index contributed by atoms with van der Waals surface area (Å²) in [5.74, 6) is 0.0549. The van der Waals surface area contributed by atoms with Crippen molar-refractivity contribution in [3.63, 3.8) is 0 Å². The Kier molecular flexibility index (Phi) is 8.37. The van der Waals surface area contributed by atoms with Crippen LogP contribution in [-0.2, 0) is 11.3 Å². The average molecular weight is 362 g/mol. The molecule has 1 fully saturated rings. The van der Waals surface area contributed by atoms with Gasteiger partial charge in [-0.2, -0.15) is 0 Å². The molecule has 1 saturated heterocycles. The van der Waals surface area contributed by atoms with Gasteiger partial charge in [0.2, 0.25) is 5.91 Å². The summed E-state index contributed by atoms with van der Waals surface area (Å²) in [7, 11) is 0. The Bertz CT molecular complexity index is 586. The highest BCUT2D eigenvalue weighted by atomic mass is 16.3. The molecule has 1 heterocycles. The van der Waals surface area contributed by atoms with Crippen LogP contribution in [-0.4, -0.2) is 54.7 Å². The fourth-order valence-corrected chi connectivity index (χ4v) is 3.03. The number of nitrogens with one attached hydrogen (secondary N) is 3. The van der Waals surface area contributed by atoms with E-state index in [1.165, 1.54) is 0 Å². The fraction of sp³-hybridized carbons (Fsp3) is 0.579. The third-order valence-corrected chi connectivity index (χ3v) is 4.60. The second kappa shape index (κ2) is 10.8. The molecule has 2 rings (SSSR count). The number of carbonyl (C=O) groups is 2. The number of para-hydroxylation sites is 1. The van der Waals surface area contributed by atoms with Crippen LogP contribution in [0.25, 0.3) is 0 Å². The summed E-state index contributed by atoms with van der Waals surface area (Å²) in [5.41, 5.74) is 2.03. The van der Waals surface area contributed by atoms with E-state index in [4.69, 9.17) is 0 Å². The monoisotopic (exact) mass is 362 g/mol. The van der Waals surface area contributed by atoms with E-state index >= 15 is 0 Å². The Morgan fingerprint density at radius 1 is 1.23 bits per heavy atom. The highest BCUT2D eigenvalue weighted by Gasteiger charge is 2.19. The first-order valence-electron chi connectivity index (χ1n) is 9.35. The van der Waals surface area contributed by atoms with Crippen LogP contribution in [0.5, 0.6) is 0 Å². The average Bonchev–Trinajstić information content (AvgIpc) is 2.66. The zero-order chi connectivity index (χ0) is 18.8. The van der Waals surface area contributed by atoms with E-state index in [1.807, 2.05) is 31.2 Å². The normalized spacial score (nSPS) is 15.5. The van der Waals surface area contributed by atoms with E-state index in [0.717, 1.165) is 50.1 Å². The maximum absolute atomic E-state index is 11.9. The van der Waals surface area contributed by atoms with Gasteiger partial charge in [-0.15, -0.1) is 0 Å². The summed E-state index contributed by atoms with van der Waals surface area (Å²) in [6.07, 6.45) is 2.85. The largest absolute Gasteiger partial charge is 0.396 e. The molecule has 0 unspecified atom stereocenters. The number of hydrogen-bond donors (Lipinski definition) is 4. The highest BCUT2D eigenvalue weighted by Crippen LogP contribution is 2.22. The molecule has 1 aromatic rings. The Hall–Kier alpha value is -2.12. The molecule has 7 nitrogen and oxygen atoms in total. The van der Waals surface area contributed by atoms with Gasteiger partial charge in [-0.25, -0.2) is 4.79 Å². The van der Waals surface area contributed by atoms with Crippen LogP contribution < -0.4 is 16.0 Å². The van der Waals surface area contributed by atoms with Crippen molar-refractivity contribution >= 4 is 17.6 Å². The molecule has 7 heteroatoms. The number of imide groups is 1. The smallest absolute Gasteiger partial charge is 0.321 e. The number of anilines is 1. The van der Waals surface area contributed by atoms with Gasteiger partial charge >= 0.3 is 6.03 Å². The van der Waals surface area contributed by atoms with Gasteiger partial charge in [0.1, 0.15) is 0 Å². The van der Waals surface area contributed by atoms with E-state index < -0.39 is 6.03 Å². The fourth-order valence-electron chi connectivity index (χ4n) is 3.03. The minimum atomic E-state index is -0.460. The Balaban J connectivity index is 1.83. The van der Waals surface area contributed by atoms with Crippen molar-refractivity contribution in [1.29, 1.82) is 0 Å². The van der Waals surface area contributed by atoms with Crippen molar-refractivity contribution < 1.29 is 14.7 Å². The van der Waals surface area contributed by atoms with Crippen LogP contribution in [0.2, 0.25) is 0 Å². The van der Waals surface area contributed by atoms with Crippen LogP contribution in [0.3, 0.4) is 0 Å². The van der Waals surface area contributed by atoms with Gasteiger partial charge in [-0.05, 0) is 49.9 Å². The lowest BCUT2D eigenvalue weighted by Gasteiger charge is -2.31. The summed E-state index contributed by atoms with van der Waals surface area (Å²) in [6, 6.07) is 7.44. The Morgan fingerprint density at radius 3 is 2.65 bits per heavy atom. The van der Waals surface area contributed by atoms with Crippen molar-refractivity contribution in [2.24, 2.45) is 5.92 Å². The van der Waals surface area contributed by atoms with Crippen molar-refractivity contribution in [3.8, 4) is 0 Å². The summed E-state index contributed by atoms with van der Waals surface area (Å²) < 4.78 is 0. The number of aliphatic hydroxyl groups excluding tert-OH is 1. The van der Waals surface area contributed by atoms with Gasteiger partial charge in [0.15, 0.2) is 0 Å². The molecule has 0 atom stereocenters. The zero-order valence-electron chi connectivity index (χ0n) is 15.5. The molecule has 1 aliphatic rings. The summed E-state index contributed by atoms with van der Waals surface area (Å²) in [5, 5.41) is 17.3. The molecule has 144 valence electrons. The first kappa shape index (κ1) is 20.2. The summed E-state index contributed by atoms with van der Waals surface area (Å²) in [4.78, 5) is 25.8. The Morgan fingerprint density at radius 2 is 1.96 bits per heavy atom. The second-order valence-electron chi connectivity index (χ2n) is 6.72. The summed E-state index contributed by atoms with van der Waals surface area (Å²) in [6.45, 7) is 5.56. The lowest BCUT2D eigenvalue weighted by atomic mass is 9.97. The standard InChI is InChI=1S/C19H30N4O3/c1-2-9-20-19(26)22-18(25)12-21-17-6-4-3-5-16(17)13-23-10-7-15(14-24)8-11-23/h3-6,15,21,24H,2,7-14H2,1H3,(H2,20,22,25,26). The minimum Gasteiger partial charge on any atom is -0.396 e. The van der Waals surface area contributed by atoms with Crippen molar-refractivity contribution in [2.45, 2.75) is 32.7 Å². The number of amides is 3. The molecule has 0 spiro atoms. The number of carbonyl (C=O) groups excluding carboxylic acids is 2. The highest BCUT2D eigenvalue weighted by molar-refractivity contribution is 5.96. The van der Waals surface area contributed by atoms with Crippen molar-refractivity contribution in [2.75, 3.05) is 38.1 Å². The van der Waals surface area contributed by atoms with Gasteiger partial charge in [0.05, 0.1) is 6.54 Å². The van der Waals surface area contributed by atoms with Gasteiger partial charge in [-0.3, -0.25) is 15.0 Å². The van der Waals surface area contributed by atoms with Crippen LogP contribution in [0.4, 0.5) is 10.5 Å². The van der Waals surface area contributed by atoms with Gasteiger partial charge in [-0.1, -0.05) is 25.1 Å². The van der Waals surface area contributed by atoms with Gasteiger partial charge < -0.3 is 15.7 Å². The van der Waals surface area contributed by atoms with E-state index in [-0.39, 0.29) is 19.1 Å².